The summed E-state index contributed by atoms with van der Waals surface area (Å²) in [5, 5.41) is 12.5. The molecular formula is C20H19ClN2O3. The van der Waals surface area contributed by atoms with Crippen LogP contribution in [0.1, 0.15) is 21.5 Å². The number of aliphatic hydroxyl groups excluding tert-OH is 1. The van der Waals surface area contributed by atoms with Crippen LogP contribution in [0.4, 0.5) is 5.69 Å². The summed E-state index contributed by atoms with van der Waals surface area (Å²) in [6.45, 7) is 8.36. The zero-order valence-electron chi connectivity index (χ0n) is 14.3. The number of ketones is 1. The van der Waals surface area contributed by atoms with Crippen molar-refractivity contribution in [1.29, 1.82) is 0 Å². The second-order valence-corrected chi connectivity index (χ2v) is 6.26. The summed E-state index contributed by atoms with van der Waals surface area (Å²) >= 11 is 6.15. The molecule has 0 saturated carbocycles. The number of amides is 1. The van der Waals surface area contributed by atoms with Crippen molar-refractivity contribution in [2.75, 3.05) is 13.2 Å². The molecule has 0 radical (unpaired) electrons. The molecule has 1 atom stereocenters. The predicted molar refractivity (Wildman–Crippen MR) is 101 cm³/mol. The molecule has 0 aromatic heterocycles. The minimum atomic E-state index is -0.702. The third kappa shape index (κ3) is 4.69. The fraction of sp³-hybridized carbons (Fsp3) is 0.250. The predicted octanol–water partition coefficient (Wildman–Crippen LogP) is 3.35. The van der Waals surface area contributed by atoms with Crippen molar-refractivity contribution in [2.24, 2.45) is 5.92 Å². The largest absolute Gasteiger partial charge is 0.396 e. The third-order valence-corrected chi connectivity index (χ3v) is 4.65. The lowest BCUT2D eigenvalue weighted by molar-refractivity contribution is -0.126. The Kier molecular flexibility index (Phi) is 6.90. The van der Waals surface area contributed by atoms with Crippen LogP contribution < -0.4 is 5.32 Å². The van der Waals surface area contributed by atoms with Gasteiger partial charge >= 0.3 is 0 Å². The van der Waals surface area contributed by atoms with E-state index >= 15 is 0 Å². The van der Waals surface area contributed by atoms with E-state index in [9.17, 15) is 14.7 Å². The number of rotatable bonds is 7. The standard InChI is InChI=1S/C20H19ClN2O3/c1-13-15(8-9-17(22-2)19(13)21)10-16(12-24)20(26)23-11-18(25)14-6-4-3-5-7-14/h3-9,16,24H,10-12H2,1H3,(H,23,26)/t16-/m1/s1. The Bertz CT molecular complexity index is 844. The van der Waals surface area contributed by atoms with Crippen molar-refractivity contribution in [3.8, 4) is 0 Å². The topological polar surface area (TPSA) is 70.8 Å². The highest BCUT2D eigenvalue weighted by atomic mass is 35.5. The zero-order valence-corrected chi connectivity index (χ0v) is 15.1. The first-order valence-electron chi connectivity index (χ1n) is 8.10. The number of halogens is 1. The van der Waals surface area contributed by atoms with Crippen molar-refractivity contribution in [2.45, 2.75) is 13.3 Å². The van der Waals surface area contributed by atoms with E-state index in [2.05, 4.69) is 10.2 Å². The highest BCUT2D eigenvalue weighted by molar-refractivity contribution is 6.34. The summed E-state index contributed by atoms with van der Waals surface area (Å²) in [6, 6.07) is 12.0. The van der Waals surface area contributed by atoms with Crippen LogP contribution in [-0.2, 0) is 11.2 Å². The van der Waals surface area contributed by atoms with Crippen LogP contribution in [0.2, 0.25) is 5.02 Å². The second-order valence-electron chi connectivity index (χ2n) is 5.89. The van der Waals surface area contributed by atoms with Gasteiger partial charge in [0.2, 0.25) is 11.6 Å². The highest BCUT2D eigenvalue weighted by Crippen LogP contribution is 2.31. The number of aliphatic hydroxyl groups is 1. The van der Waals surface area contributed by atoms with Gasteiger partial charge in [0.1, 0.15) is 0 Å². The van der Waals surface area contributed by atoms with Crippen molar-refractivity contribution in [3.63, 3.8) is 0 Å². The molecule has 0 unspecified atom stereocenters. The van der Waals surface area contributed by atoms with Gasteiger partial charge in [-0.05, 0) is 24.5 Å². The average molecular weight is 371 g/mol. The maximum atomic E-state index is 12.3. The Labute approximate surface area is 157 Å². The van der Waals surface area contributed by atoms with Gasteiger partial charge in [-0.15, -0.1) is 0 Å². The number of benzene rings is 2. The molecule has 0 heterocycles. The second kappa shape index (κ2) is 9.14. The van der Waals surface area contributed by atoms with Crippen molar-refractivity contribution in [3.05, 3.63) is 75.6 Å². The Hall–Kier alpha value is -2.68. The van der Waals surface area contributed by atoms with Crippen LogP contribution in [0.15, 0.2) is 42.5 Å². The van der Waals surface area contributed by atoms with E-state index in [1.165, 1.54) is 0 Å². The van der Waals surface area contributed by atoms with E-state index in [1.54, 1.807) is 43.3 Å². The molecular weight excluding hydrogens is 352 g/mol. The molecule has 0 saturated heterocycles. The summed E-state index contributed by atoms with van der Waals surface area (Å²) in [6.07, 6.45) is 0.270. The van der Waals surface area contributed by atoms with E-state index in [1.807, 2.05) is 6.07 Å². The van der Waals surface area contributed by atoms with Gasteiger partial charge in [-0.2, -0.15) is 0 Å². The molecule has 2 N–H and O–H groups in total. The molecule has 5 nitrogen and oxygen atoms in total. The normalized spacial score (nSPS) is 11.5. The molecule has 0 spiro atoms. The molecule has 0 aliphatic carbocycles. The maximum absolute atomic E-state index is 12.3. The summed E-state index contributed by atoms with van der Waals surface area (Å²) < 4.78 is 0. The Morgan fingerprint density at radius 3 is 2.54 bits per heavy atom. The summed E-state index contributed by atoms with van der Waals surface area (Å²) in [7, 11) is 0. The molecule has 0 aliphatic rings. The first-order valence-corrected chi connectivity index (χ1v) is 8.48. The number of nitrogens with zero attached hydrogens (tertiary/aromatic N) is 1. The lowest BCUT2D eigenvalue weighted by Gasteiger charge is -2.16. The molecule has 1 amide bonds. The molecule has 2 aromatic carbocycles. The van der Waals surface area contributed by atoms with E-state index in [-0.39, 0.29) is 25.4 Å². The van der Waals surface area contributed by atoms with Crippen LogP contribution in [0.5, 0.6) is 0 Å². The van der Waals surface area contributed by atoms with E-state index in [0.29, 0.717) is 21.8 Å². The van der Waals surface area contributed by atoms with Crippen molar-refractivity contribution in [1.82, 2.24) is 5.32 Å². The molecule has 0 aliphatic heterocycles. The van der Waals surface area contributed by atoms with Gasteiger partial charge in [0.15, 0.2) is 5.78 Å². The molecule has 0 bridgehead atoms. The number of hydrogen-bond acceptors (Lipinski definition) is 3. The lowest BCUT2D eigenvalue weighted by Crippen LogP contribution is -2.37. The summed E-state index contributed by atoms with van der Waals surface area (Å²) in [5.41, 5.74) is 2.37. The average Bonchev–Trinajstić information content (AvgIpc) is 2.67. The van der Waals surface area contributed by atoms with Gasteiger partial charge in [0.05, 0.1) is 30.7 Å². The molecule has 26 heavy (non-hydrogen) atoms. The van der Waals surface area contributed by atoms with Gasteiger partial charge in [-0.25, -0.2) is 4.85 Å². The Morgan fingerprint density at radius 1 is 1.23 bits per heavy atom. The first-order chi connectivity index (χ1) is 12.5. The zero-order chi connectivity index (χ0) is 19.1. The molecule has 0 fully saturated rings. The highest BCUT2D eigenvalue weighted by Gasteiger charge is 2.21. The quantitative estimate of drug-likeness (QED) is 0.580. The summed E-state index contributed by atoms with van der Waals surface area (Å²) in [5.74, 6) is -1.30. The molecule has 2 aromatic rings. The van der Waals surface area contributed by atoms with Crippen LogP contribution in [0, 0.1) is 19.4 Å². The maximum Gasteiger partial charge on any atom is 0.226 e. The summed E-state index contributed by atoms with van der Waals surface area (Å²) in [4.78, 5) is 27.7. The number of carbonyl (C=O) groups is 2. The van der Waals surface area contributed by atoms with Crippen molar-refractivity contribution >= 4 is 29.0 Å². The van der Waals surface area contributed by atoms with E-state index in [0.717, 1.165) is 5.56 Å². The van der Waals surface area contributed by atoms with Gasteiger partial charge in [-0.3, -0.25) is 9.59 Å². The fourth-order valence-electron chi connectivity index (χ4n) is 2.56. The Morgan fingerprint density at radius 2 is 1.92 bits per heavy atom. The first kappa shape index (κ1) is 19.6. The van der Waals surface area contributed by atoms with Gasteiger partial charge in [0, 0.05) is 5.56 Å². The van der Waals surface area contributed by atoms with E-state index in [4.69, 9.17) is 18.2 Å². The monoisotopic (exact) mass is 370 g/mol. The Balaban J connectivity index is 2.02. The van der Waals surface area contributed by atoms with Gasteiger partial charge in [0.25, 0.3) is 0 Å². The molecule has 6 heteroatoms. The van der Waals surface area contributed by atoms with E-state index < -0.39 is 11.8 Å². The van der Waals surface area contributed by atoms with Gasteiger partial charge < -0.3 is 10.4 Å². The van der Waals surface area contributed by atoms with Crippen LogP contribution in [0.3, 0.4) is 0 Å². The van der Waals surface area contributed by atoms with Crippen LogP contribution >= 0.6 is 11.6 Å². The van der Waals surface area contributed by atoms with Crippen molar-refractivity contribution < 1.29 is 14.7 Å². The number of Topliss-reactive ketones (excluding diaryl/α,β-unsaturated/α-hetero) is 1. The van der Waals surface area contributed by atoms with Crippen LogP contribution in [0.25, 0.3) is 4.85 Å². The SMILES string of the molecule is [C-]#[N+]c1ccc(C[C@H](CO)C(=O)NCC(=O)c2ccccc2)c(C)c1Cl. The molecule has 134 valence electrons. The smallest absolute Gasteiger partial charge is 0.226 e. The molecule has 2 rings (SSSR count). The minimum absolute atomic E-state index is 0.129. The number of carbonyl (C=O) groups excluding carboxylic acids is 2. The third-order valence-electron chi connectivity index (χ3n) is 4.18. The van der Waals surface area contributed by atoms with Gasteiger partial charge in [-0.1, -0.05) is 54.1 Å². The number of nitrogens with one attached hydrogen (secondary N) is 1. The van der Waals surface area contributed by atoms with Crippen LogP contribution in [-0.4, -0.2) is 29.9 Å². The number of hydrogen-bond donors (Lipinski definition) is 2. The lowest BCUT2D eigenvalue weighted by atomic mass is 9.95. The minimum Gasteiger partial charge on any atom is -0.396 e. The fourth-order valence-corrected chi connectivity index (χ4v) is 2.79.